The number of halogens is 1. The first-order valence-electron chi connectivity index (χ1n) is 5.06. The SMILES string of the molecule is O=C(O)CCC1COc2cc(Cl)ccc2N1. The summed E-state index contributed by atoms with van der Waals surface area (Å²) in [4.78, 5) is 10.4. The van der Waals surface area contributed by atoms with Crippen molar-refractivity contribution in [3.05, 3.63) is 23.2 Å². The molecule has 0 aromatic heterocycles. The van der Waals surface area contributed by atoms with Crippen LogP contribution >= 0.6 is 11.6 Å². The monoisotopic (exact) mass is 241 g/mol. The number of nitrogens with one attached hydrogen (secondary N) is 1. The first-order chi connectivity index (χ1) is 7.65. The number of hydrogen-bond acceptors (Lipinski definition) is 3. The zero-order valence-corrected chi connectivity index (χ0v) is 9.33. The normalized spacial score (nSPS) is 18.2. The third-order valence-electron chi connectivity index (χ3n) is 2.45. The maximum Gasteiger partial charge on any atom is 0.303 e. The van der Waals surface area contributed by atoms with E-state index in [-0.39, 0.29) is 12.5 Å². The van der Waals surface area contributed by atoms with Crippen LogP contribution in [0.25, 0.3) is 0 Å². The second-order valence-corrected chi connectivity index (χ2v) is 4.16. The largest absolute Gasteiger partial charge is 0.489 e. The Bertz CT molecular complexity index is 408. The molecule has 1 aromatic rings. The summed E-state index contributed by atoms with van der Waals surface area (Å²) in [5.74, 6) is -0.0669. The van der Waals surface area contributed by atoms with Crippen molar-refractivity contribution in [2.45, 2.75) is 18.9 Å². The van der Waals surface area contributed by atoms with Gasteiger partial charge in [0.25, 0.3) is 0 Å². The Labute approximate surface area is 98.2 Å². The number of fused-ring (bicyclic) bond motifs is 1. The van der Waals surface area contributed by atoms with Crippen molar-refractivity contribution in [2.24, 2.45) is 0 Å². The predicted octanol–water partition coefficient (Wildman–Crippen LogP) is 2.38. The quantitative estimate of drug-likeness (QED) is 0.853. The van der Waals surface area contributed by atoms with E-state index in [9.17, 15) is 4.79 Å². The summed E-state index contributed by atoms with van der Waals surface area (Å²) >= 11 is 5.83. The third-order valence-corrected chi connectivity index (χ3v) is 2.69. The van der Waals surface area contributed by atoms with Crippen LogP contribution in [0, 0.1) is 0 Å². The van der Waals surface area contributed by atoms with Gasteiger partial charge in [-0.2, -0.15) is 0 Å². The van der Waals surface area contributed by atoms with Crippen molar-refractivity contribution in [3.63, 3.8) is 0 Å². The molecule has 86 valence electrons. The molecule has 1 unspecified atom stereocenters. The third kappa shape index (κ3) is 2.58. The van der Waals surface area contributed by atoms with Crippen molar-refractivity contribution < 1.29 is 14.6 Å². The van der Waals surface area contributed by atoms with Crippen LogP contribution in [0.1, 0.15) is 12.8 Å². The van der Waals surface area contributed by atoms with Gasteiger partial charge in [-0.3, -0.25) is 4.79 Å². The molecule has 1 aromatic carbocycles. The van der Waals surface area contributed by atoms with Gasteiger partial charge in [0.15, 0.2) is 0 Å². The van der Waals surface area contributed by atoms with Gasteiger partial charge in [-0.1, -0.05) is 11.6 Å². The second kappa shape index (κ2) is 4.61. The van der Waals surface area contributed by atoms with E-state index in [0.29, 0.717) is 18.1 Å². The van der Waals surface area contributed by atoms with Gasteiger partial charge in [0, 0.05) is 17.5 Å². The van der Waals surface area contributed by atoms with Crippen LogP contribution in [0.2, 0.25) is 5.02 Å². The lowest BCUT2D eigenvalue weighted by Crippen LogP contribution is -2.31. The van der Waals surface area contributed by atoms with Crippen LogP contribution in [0.3, 0.4) is 0 Å². The van der Waals surface area contributed by atoms with E-state index >= 15 is 0 Å². The van der Waals surface area contributed by atoms with Gasteiger partial charge >= 0.3 is 5.97 Å². The van der Waals surface area contributed by atoms with E-state index in [1.807, 2.05) is 6.07 Å². The van der Waals surface area contributed by atoms with Gasteiger partial charge in [-0.15, -0.1) is 0 Å². The van der Waals surface area contributed by atoms with E-state index in [0.717, 1.165) is 11.4 Å². The fourth-order valence-corrected chi connectivity index (χ4v) is 1.80. The number of anilines is 1. The molecule has 0 bridgehead atoms. The van der Waals surface area contributed by atoms with Crippen molar-refractivity contribution >= 4 is 23.3 Å². The van der Waals surface area contributed by atoms with E-state index in [4.69, 9.17) is 21.4 Å². The number of benzene rings is 1. The van der Waals surface area contributed by atoms with Gasteiger partial charge in [-0.05, 0) is 18.6 Å². The van der Waals surface area contributed by atoms with Gasteiger partial charge in [-0.25, -0.2) is 0 Å². The lowest BCUT2D eigenvalue weighted by Gasteiger charge is -2.27. The van der Waals surface area contributed by atoms with Crippen LogP contribution in [0.5, 0.6) is 5.75 Å². The van der Waals surface area contributed by atoms with Gasteiger partial charge in [0.05, 0.1) is 11.7 Å². The van der Waals surface area contributed by atoms with Crippen molar-refractivity contribution in [1.82, 2.24) is 0 Å². The standard InChI is InChI=1S/C11H12ClNO3/c12-7-1-3-9-10(5-7)16-6-8(13-9)2-4-11(14)15/h1,3,5,8,13H,2,4,6H2,(H,14,15). The highest BCUT2D eigenvalue weighted by atomic mass is 35.5. The van der Waals surface area contributed by atoms with Gasteiger partial charge in [0.1, 0.15) is 12.4 Å². The van der Waals surface area contributed by atoms with Crippen molar-refractivity contribution in [2.75, 3.05) is 11.9 Å². The summed E-state index contributed by atoms with van der Waals surface area (Å²) in [5.41, 5.74) is 0.867. The molecule has 0 saturated carbocycles. The lowest BCUT2D eigenvalue weighted by molar-refractivity contribution is -0.137. The number of rotatable bonds is 3. The molecule has 1 heterocycles. The predicted molar refractivity (Wildman–Crippen MR) is 61.2 cm³/mol. The minimum atomic E-state index is -0.788. The fourth-order valence-electron chi connectivity index (χ4n) is 1.64. The summed E-state index contributed by atoms with van der Waals surface area (Å²) < 4.78 is 5.51. The lowest BCUT2D eigenvalue weighted by atomic mass is 10.1. The molecular weight excluding hydrogens is 230 g/mol. The highest BCUT2D eigenvalue weighted by Gasteiger charge is 2.19. The Hall–Kier alpha value is -1.42. The highest BCUT2D eigenvalue weighted by Crippen LogP contribution is 2.32. The van der Waals surface area contributed by atoms with Crippen molar-refractivity contribution in [3.8, 4) is 5.75 Å². The zero-order valence-electron chi connectivity index (χ0n) is 8.57. The van der Waals surface area contributed by atoms with E-state index in [2.05, 4.69) is 5.32 Å². The number of ether oxygens (including phenoxy) is 1. The van der Waals surface area contributed by atoms with E-state index < -0.39 is 5.97 Å². The summed E-state index contributed by atoms with van der Waals surface area (Å²) in [6, 6.07) is 5.41. The maximum absolute atomic E-state index is 10.4. The Morgan fingerprint density at radius 1 is 1.62 bits per heavy atom. The summed E-state index contributed by atoms with van der Waals surface area (Å²) in [7, 11) is 0. The van der Waals surface area contributed by atoms with Crippen LogP contribution in [-0.2, 0) is 4.79 Å². The maximum atomic E-state index is 10.4. The first-order valence-corrected chi connectivity index (χ1v) is 5.43. The second-order valence-electron chi connectivity index (χ2n) is 3.73. The number of hydrogen-bond donors (Lipinski definition) is 2. The molecule has 2 rings (SSSR count). The summed E-state index contributed by atoms with van der Waals surface area (Å²) in [6.07, 6.45) is 0.696. The molecule has 0 radical (unpaired) electrons. The van der Waals surface area contributed by atoms with Crippen LogP contribution in [0.4, 0.5) is 5.69 Å². The van der Waals surface area contributed by atoms with Gasteiger partial charge < -0.3 is 15.2 Å². The Morgan fingerprint density at radius 3 is 3.19 bits per heavy atom. The summed E-state index contributed by atoms with van der Waals surface area (Å²) in [5, 5.41) is 12.5. The molecule has 0 spiro atoms. The molecule has 2 N–H and O–H groups in total. The molecule has 0 aliphatic carbocycles. The number of carboxylic acid groups (broad SMARTS) is 1. The van der Waals surface area contributed by atoms with Crippen LogP contribution < -0.4 is 10.1 Å². The first kappa shape index (κ1) is 11.1. The number of aliphatic carboxylic acids is 1. The van der Waals surface area contributed by atoms with Crippen LogP contribution in [0.15, 0.2) is 18.2 Å². The van der Waals surface area contributed by atoms with E-state index in [1.54, 1.807) is 12.1 Å². The minimum absolute atomic E-state index is 0.0461. The molecule has 5 heteroatoms. The average Bonchev–Trinajstić information content (AvgIpc) is 2.26. The molecule has 1 aliphatic heterocycles. The van der Waals surface area contributed by atoms with E-state index in [1.165, 1.54) is 0 Å². The van der Waals surface area contributed by atoms with Gasteiger partial charge in [0.2, 0.25) is 0 Å². The van der Waals surface area contributed by atoms with Crippen molar-refractivity contribution in [1.29, 1.82) is 0 Å². The Kier molecular flexibility index (Phi) is 3.19. The average molecular weight is 242 g/mol. The Balaban J connectivity index is 2.01. The number of carbonyl (C=O) groups is 1. The molecule has 1 aliphatic rings. The molecule has 0 fully saturated rings. The number of carboxylic acids is 1. The fraction of sp³-hybridized carbons (Fsp3) is 0.364. The molecule has 1 atom stereocenters. The molecule has 16 heavy (non-hydrogen) atoms. The van der Waals surface area contributed by atoms with Crippen LogP contribution in [-0.4, -0.2) is 23.7 Å². The Morgan fingerprint density at radius 2 is 2.44 bits per heavy atom. The zero-order chi connectivity index (χ0) is 11.5. The smallest absolute Gasteiger partial charge is 0.303 e. The molecule has 4 nitrogen and oxygen atoms in total. The topological polar surface area (TPSA) is 58.6 Å². The molecular formula is C11H12ClNO3. The summed E-state index contributed by atoms with van der Waals surface area (Å²) in [6.45, 7) is 0.473. The minimum Gasteiger partial charge on any atom is -0.489 e. The molecule has 0 amide bonds. The molecule has 0 saturated heterocycles. The highest BCUT2D eigenvalue weighted by molar-refractivity contribution is 6.30.